The van der Waals surface area contributed by atoms with Crippen LogP contribution in [-0.2, 0) is 6.54 Å². The molecular formula is C16H22N4. The van der Waals surface area contributed by atoms with Gasteiger partial charge >= 0.3 is 0 Å². The molecule has 1 saturated carbocycles. The molecule has 0 unspecified atom stereocenters. The van der Waals surface area contributed by atoms with Crippen molar-refractivity contribution in [3.8, 4) is 5.82 Å². The smallest absolute Gasteiger partial charge is 0.153 e. The predicted octanol–water partition coefficient (Wildman–Crippen LogP) is 2.89. The highest BCUT2D eigenvalue weighted by Gasteiger charge is 2.25. The highest BCUT2D eigenvalue weighted by atomic mass is 15.3. The maximum absolute atomic E-state index is 4.63. The topological polar surface area (TPSA) is 42.7 Å². The van der Waals surface area contributed by atoms with Crippen LogP contribution in [0, 0.1) is 5.92 Å². The second-order valence-electron chi connectivity index (χ2n) is 6.01. The summed E-state index contributed by atoms with van der Waals surface area (Å²) >= 11 is 0. The first-order valence-corrected chi connectivity index (χ1v) is 7.44. The van der Waals surface area contributed by atoms with Crippen LogP contribution in [0.15, 0.2) is 30.6 Å². The van der Waals surface area contributed by atoms with E-state index in [4.69, 9.17) is 0 Å². The maximum Gasteiger partial charge on any atom is 0.153 e. The van der Waals surface area contributed by atoms with E-state index < -0.39 is 0 Å². The Morgan fingerprint density at radius 2 is 2.20 bits per heavy atom. The van der Waals surface area contributed by atoms with Gasteiger partial charge in [0.05, 0.1) is 5.69 Å². The van der Waals surface area contributed by atoms with Gasteiger partial charge in [-0.3, -0.25) is 0 Å². The van der Waals surface area contributed by atoms with Crippen molar-refractivity contribution in [3.63, 3.8) is 0 Å². The number of hydrogen-bond acceptors (Lipinski definition) is 3. The van der Waals surface area contributed by atoms with Crippen molar-refractivity contribution >= 4 is 0 Å². The number of pyridine rings is 1. The molecule has 20 heavy (non-hydrogen) atoms. The van der Waals surface area contributed by atoms with Crippen LogP contribution in [-0.4, -0.2) is 21.3 Å². The van der Waals surface area contributed by atoms with Crippen molar-refractivity contribution < 1.29 is 0 Å². The van der Waals surface area contributed by atoms with Crippen molar-refractivity contribution in [1.29, 1.82) is 0 Å². The van der Waals surface area contributed by atoms with Gasteiger partial charge in [0.1, 0.15) is 0 Å². The van der Waals surface area contributed by atoms with Gasteiger partial charge in [-0.05, 0) is 49.1 Å². The summed E-state index contributed by atoms with van der Waals surface area (Å²) in [6, 6.07) is 6.28. The van der Waals surface area contributed by atoms with Gasteiger partial charge in [0.2, 0.25) is 0 Å². The third kappa shape index (κ3) is 3.25. The highest BCUT2D eigenvalue weighted by Crippen LogP contribution is 2.38. The van der Waals surface area contributed by atoms with Crippen LogP contribution >= 0.6 is 0 Å². The summed E-state index contributed by atoms with van der Waals surface area (Å²) in [5, 5.41) is 8.08. The van der Waals surface area contributed by atoms with Gasteiger partial charge in [0, 0.05) is 24.9 Å². The van der Waals surface area contributed by atoms with E-state index in [0.29, 0.717) is 11.8 Å². The quantitative estimate of drug-likeness (QED) is 0.877. The zero-order chi connectivity index (χ0) is 13.9. The molecule has 4 heteroatoms. The molecule has 1 aliphatic rings. The molecule has 0 aromatic carbocycles. The summed E-state index contributed by atoms with van der Waals surface area (Å²) in [5.74, 6) is 2.26. The Kier molecular flexibility index (Phi) is 3.83. The lowest BCUT2D eigenvalue weighted by Crippen LogP contribution is -2.19. The third-order valence-electron chi connectivity index (χ3n) is 3.53. The van der Waals surface area contributed by atoms with Crippen molar-refractivity contribution in [2.24, 2.45) is 5.92 Å². The van der Waals surface area contributed by atoms with Crippen molar-refractivity contribution in [2.75, 3.05) is 6.54 Å². The van der Waals surface area contributed by atoms with Crippen molar-refractivity contribution in [1.82, 2.24) is 20.1 Å². The van der Waals surface area contributed by atoms with E-state index in [1.807, 2.05) is 17.1 Å². The highest BCUT2D eigenvalue weighted by molar-refractivity contribution is 5.28. The molecule has 0 bridgehead atoms. The first-order chi connectivity index (χ1) is 9.72. The fourth-order valence-corrected chi connectivity index (χ4v) is 2.26. The minimum Gasteiger partial charge on any atom is -0.312 e. The Balaban J connectivity index is 1.69. The molecule has 2 aromatic heterocycles. The number of nitrogens with one attached hydrogen (secondary N) is 1. The normalized spacial score (nSPS) is 14.9. The summed E-state index contributed by atoms with van der Waals surface area (Å²) in [7, 11) is 0. The summed E-state index contributed by atoms with van der Waals surface area (Å²) in [5.41, 5.74) is 2.45. The maximum atomic E-state index is 4.63. The molecular weight excluding hydrogens is 248 g/mol. The third-order valence-corrected chi connectivity index (χ3v) is 3.53. The first kappa shape index (κ1) is 13.3. The van der Waals surface area contributed by atoms with E-state index in [2.05, 4.69) is 47.4 Å². The van der Waals surface area contributed by atoms with Gasteiger partial charge < -0.3 is 5.32 Å². The molecule has 4 nitrogen and oxygen atoms in total. The average molecular weight is 270 g/mol. The number of hydrogen-bond donors (Lipinski definition) is 1. The van der Waals surface area contributed by atoms with Gasteiger partial charge in [-0.2, -0.15) is 5.10 Å². The van der Waals surface area contributed by atoms with E-state index >= 15 is 0 Å². The Hall–Kier alpha value is -1.68. The van der Waals surface area contributed by atoms with Crippen molar-refractivity contribution in [3.05, 3.63) is 41.9 Å². The molecule has 0 spiro atoms. The van der Waals surface area contributed by atoms with Crippen LogP contribution in [0.2, 0.25) is 0 Å². The molecule has 1 fully saturated rings. The van der Waals surface area contributed by atoms with E-state index in [9.17, 15) is 0 Å². The zero-order valence-corrected chi connectivity index (χ0v) is 12.2. The lowest BCUT2D eigenvalue weighted by Gasteiger charge is -2.08. The number of rotatable bonds is 6. The van der Waals surface area contributed by atoms with Gasteiger partial charge in [0.15, 0.2) is 5.82 Å². The van der Waals surface area contributed by atoms with Crippen LogP contribution in [0.25, 0.3) is 5.82 Å². The second kappa shape index (κ2) is 5.75. The van der Waals surface area contributed by atoms with Gasteiger partial charge in [-0.1, -0.05) is 13.8 Å². The second-order valence-corrected chi connectivity index (χ2v) is 6.01. The summed E-state index contributed by atoms with van der Waals surface area (Å²) in [6.07, 6.45) is 6.44. The fraction of sp³-hybridized carbons (Fsp3) is 0.500. The molecule has 0 aliphatic heterocycles. The van der Waals surface area contributed by atoms with E-state index in [1.165, 1.54) is 24.1 Å². The minimum absolute atomic E-state index is 0.670. The predicted molar refractivity (Wildman–Crippen MR) is 79.9 cm³/mol. The van der Waals surface area contributed by atoms with Gasteiger partial charge in [-0.15, -0.1) is 0 Å². The lowest BCUT2D eigenvalue weighted by molar-refractivity contribution is 0.552. The fourth-order valence-electron chi connectivity index (χ4n) is 2.26. The van der Waals surface area contributed by atoms with Gasteiger partial charge in [-0.25, -0.2) is 9.67 Å². The van der Waals surface area contributed by atoms with E-state index in [1.54, 1.807) is 0 Å². The largest absolute Gasteiger partial charge is 0.312 e. The molecule has 1 N–H and O–H groups in total. The van der Waals surface area contributed by atoms with E-state index in [-0.39, 0.29) is 0 Å². The molecule has 0 saturated heterocycles. The molecule has 0 atom stereocenters. The zero-order valence-electron chi connectivity index (χ0n) is 12.2. The number of aromatic nitrogens is 3. The van der Waals surface area contributed by atoms with Crippen LogP contribution in [0.1, 0.15) is 43.9 Å². The Labute approximate surface area is 120 Å². The summed E-state index contributed by atoms with van der Waals surface area (Å²) in [6.45, 7) is 6.35. The van der Waals surface area contributed by atoms with E-state index in [0.717, 1.165) is 18.9 Å². The molecule has 2 aromatic rings. The van der Waals surface area contributed by atoms with Crippen molar-refractivity contribution in [2.45, 2.75) is 39.2 Å². The van der Waals surface area contributed by atoms with Crippen LogP contribution in [0.4, 0.5) is 0 Å². The van der Waals surface area contributed by atoms with Crippen LogP contribution in [0.3, 0.4) is 0 Å². The monoisotopic (exact) mass is 270 g/mol. The Bertz CT molecular complexity index is 569. The first-order valence-electron chi connectivity index (χ1n) is 7.44. The van der Waals surface area contributed by atoms with Crippen LogP contribution in [0.5, 0.6) is 0 Å². The Morgan fingerprint density at radius 1 is 1.35 bits per heavy atom. The Morgan fingerprint density at radius 3 is 2.95 bits per heavy atom. The molecule has 2 heterocycles. The summed E-state index contributed by atoms with van der Waals surface area (Å²) in [4.78, 5) is 4.42. The standard InChI is InChI=1S/C16H22N4/c1-12(2)10-17-11-13-5-7-18-16(9-13)20-8-6-15(19-20)14-3-4-14/h5-9,12,14,17H,3-4,10-11H2,1-2H3. The SMILES string of the molecule is CC(C)CNCc1ccnc(-n2ccc(C3CC3)n2)c1. The molecule has 3 rings (SSSR count). The average Bonchev–Trinajstić information content (AvgIpc) is 3.16. The molecule has 1 aliphatic carbocycles. The molecule has 0 radical (unpaired) electrons. The molecule has 0 amide bonds. The molecule has 106 valence electrons. The van der Waals surface area contributed by atoms with Crippen LogP contribution < -0.4 is 5.32 Å². The minimum atomic E-state index is 0.670. The summed E-state index contributed by atoms with van der Waals surface area (Å²) < 4.78 is 1.89. The van der Waals surface area contributed by atoms with Gasteiger partial charge in [0.25, 0.3) is 0 Å². The number of nitrogens with zero attached hydrogens (tertiary/aromatic N) is 3. The lowest BCUT2D eigenvalue weighted by atomic mass is 10.2.